The third-order valence-corrected chi connectivity index (χ3v) is 3.01. The quantitative estimate of drug-likeness (QED) is 0.902. The average molecular weight is 264 g/mol. The summed E-state index contributed by atoms with van der Waals surface area (Å²) in [7, 11) is 2.09. The van der Waals surface area contributed by atoms with E-state index < -0.39 is 0 Å². The van der Waals surface area contributed by atoms with Gasteiger partial charge in [-0.2, -0.15) is 0 Å². The van der Waals surface area contributed by atoms with Crippen LogP contribution in [0.15, 0.2) is 12.1 Å². The van der Waals surface area contributed by atoms with Crippen LogP contribution in [0.2, 0.25) is 5.02 Å². The Hall–Kier alpha value is -0.440. The highest BCUT2D eigenvalue weighted by Gasteiger charge is 2.05. The second-order valence-corrected chi connectivity index (χ2v) is 4.28. The van der Waals surface area contributed by atoms with Crippen LogP contribution in [0, 0.1) is 6.92 Å². The molecule has 4 heteroatoms. The first-order valence-corrected chi connectivity index (χ1v) is 5.59. The Balaban J connectivity index is 0.00000225. The van der Waals surface area contributed by atoms with Crippen molar-refractivity contribution in [3.8, 4) is 5.75 Å². The minimum atomic E-state index is 0. The molecule has 0 saturated heterocycles. The molecule has 0 aliphatic carbocycles. The minimum Gasteiger partial charge on any atom is -0.506 e. The topological polar surface area (TPSA) is 23.5 Å². The molecule has 0 spiro atoms. The molecule has 0 aliphatic heterocycles. The van der Waals surface area contributed by atoms with Gasteiger partial charge in [-0.05, 0) is 50.2 Å². The Bertz CT molecular complexity index is 342. The summed E-state index contributed by atoms with van der Waals surface area (Å²) in [5.41, 5.74) is 2.31. The molecule has 0 amide bonds. The van der Waals surface area contributed by atoms with E-state index in [0.29, 0.717) is 5.02 Å². The maximum absolute atomic E-state index is 9.41. The molecule has 1 N–H and O–H groups in total. The Morgan fingerprint density at radius 1 is 1.38 bits per heavy atom. The van der Waals surface area contributed by atoms with E-state index in [0.717, 1.165) is 25.1 Å². The Morgan fingerprint density at radius 2 is 2.00 bits per heavy atom. The van der Waals surface area contributed by atoms with Gasteiger partial charge in [-0.3, -0.25) is 0 Å². The van der Waals surface area contributed by atoms with E-state index in [1.165, 1.54) is 5.56 Å². The smallest absolute Gasteiger partial charge is 0.134 e. The molecular formula is C12H19Cl2NO. The second-order valence-electron chi connectivity index (χ2n) is 3.88. The van der Waals surface area contributed by atoms with Crippen LogP contribution in [0.25, 0.3) is 0 Å². The molecular weight excluding hydrogens is 245 g/mol. The van der Waals surface area contributed by atoms with Crippen LogP contribution < -0.4 is 0 Å². The summed E-state index contributed by atoms with van der Waals surface area (Å²) in [5, 5.41) is 9.85. The second kappa shape index (κ2) is 7.00. The molecule has 1 rings (SSSR count). The number of phenolic OH excluding ortho intramolecular Hbond substituents is 1. The lowest BCUT2D eigenvalue weighted by molar-refractivity contribution is 0.357. The summed E-state index contributed by atoms with van der Waals surface area (Å²) in [4.78, 5) is 2.25. The van der Waals surface area contributed by atoms with Crippen molar-refractivity contribution in [2.45, 2.75) is 20.3 Å². The molecule has 0 bridgehead atoms. The number of hydrogen-bond acceptors (Lipinski definition) is 2. The molecule has 0 heterocycles. The largest absolute Gasteiger partial charge is 0.506 e. The van der Waals surface area contributed by atoms with E-state index in [1.54, 1.807) is 6.07 Å². The van der Waals surface area contributed by atoms with Gasteiger partial charge in [-0.15, -0.1) is 12.4 Å². The Kier molecular flexibility index (Phi) is 6.81. The number of halogens is 2. The van der Waals surface area contributed by atoms with Gasteiger partial charge in [0.2, 0.25) is 0 Å². The molecule has 0 atom stereocenters. The summed E-state index contributed by atoms with van der Waals surface area (Å²) >= 11 is 5.87. The van der Waals surface area contributed by atoms with E-state index >= 15 is 0 Å². The van der Waals surface area contributed by atoms with E-state index in [9.17, 15) is 5.11 Å². The summed E-state index contributed by atoms with van der Waals surface area (Å²) in [6.45, 7) is 6.19. The van der Waals surface area contributed by atoms with Crippen LogP contribution in [0.5, 0.6) is 5.75 Å². The maximum atomic E-state index is 9.41. The first-order valence-electron chi connectivity index (χ1n) is 5.21. The molecule has 92 valence electrons. The zero-order valence-corrected chi connectivity index (χ0v) is 11.5. The molecule has 2 nitrogen and oxygen atoms in total. The molecule has 16 heavy (non-hydrogen) atoms. The molecule has 0 aromatic heterocycles. The third kappa shape index (κ3) is 4.20. The molecule has 0 fully saturated rings. The van der Waals surface area contributed by atoms with Crippen LogP contribution in [0.4, 0.5) is 0 Å². The highest BCUT2D eigenvalue weighted by Crippen LogP contribution is 2.26. The van der Waals surface area contributed by atoms with Crippen molar-refractivity contribution in [3.63, 3.8) is 0 Å². The normalized spacial score (nSPS) is 10.3. The lowest BCUT2D eigenvalue weighted by atomic mass is 10.1. The first kappa shape index (κ1) is 15.6. The highest BCUT2D eigenvalue weighted by atomic mass is 35.5. The van der Waals surface area contributed by atoms with Crippen molar-refractivity contribution in [1.82, 2.24) is 4.90 Å². The van der Waals surface area contributed by atoms with Gasteiger partial charge in [-0.25, -0.2) is 0 Å². The van der Waals surface area contributed by atoms with Crippen molar-refractivity contribution in [1.29, 1.82) is 0 Å². The number of aryl methyl sites for hydroxylation is 1. The Morgan fingerprint density at radius 3 is 2.56 bits per heavy atom. The number of rotatable bonds is 4. The number of nitrogens with zero attached hydrogens (tertiary/aromatic N) is 1. The van der Waals surface area contributed by atoms with E-state index in [4.69, 9.17) is 11.6 Å². The van der Waals surface area contributed by atoms with Crippen molar-refractivity contribution >= 4 is 24.0 Å². The highest BCUT2D eigenvalue weighted by molar-refractivity contribution is 6.32. The van der Waals surface area contributed by atoms with Crippen LogP contribution in [-0.4, -0.2) is 30.1 Å². The van der Waals surface area contributed by atoms with Crippen molar-refractivity contribution in [3.05, 3.63) is 28.3 Å². The number of hydrogen-bond donors (Lipinski definition) is 1. The fourth-order valence-electron chi connectivity index (χ4n) is 1.45. The van der Waals surface area contributed by atoms with Gasteiger partial charge in [0, 0.05) is 6.54 Å². The summed E-state index contributed by atoms with van der Waals surface area (Å²) in [5.74, 6) is 0.168. The zero-order chi connectivity index (χ0) is 11.4. The molecule has 1 aromatic carbocycles. The lowest BCUT2D eigenvalue weighted by Gasteiger charge is -2.15. The van der Waals surface area contributed by atoms with E-state index in [1.807, 2.05) is 13.0 Å². The summed E-state index contributed by atoms with van der Waals surface area (Å²) in [6, 6.07) is 3.58. The van der Waals surface area contributed by atoms with Crippen LogP contribution in [0.1, 0.15) is 18.1 Å². The molecule has 0 aliphatic rings. The number of benzene rings is 1. The standard InChI is InChI=1S/C12H18ClNO.ClH/c1-4-14(3)6-5-10-8-11(13)12(15)7-9(10)2;/h7-8,15H,4-6H2,1-3H3;1H. The zero-order valence-electron chi connectivity index (χ0n) is 9.96. The van der Waals surface area contributed by atoms with Gasteiger partial charge < -0.3 is 10.0 Å². The number of aromatic hydroxyl groups is 1. The van der Waals surface area contributed by atoms with Gasteiger partial charge in [0.1, 0.15) is 5.75 Å². The molecule has 0 radical (unpaired) electrons. The van der Waals surface area contributed by atoms with Gasteiger partial charge >= 0.3 is 0 Å². The summed E-state index contributed by atoms with van der Waals surface area (Å²) < 4.78 is 0. The predicted octanol–water partition coefficient (Wildman–Crippen LogP) is 3.27. The van der Waals surface area contributed by atoms with Gasteiger partial charge in [-0.1, -0.05) is 18.5 Å². The monoisotopic (exact) mass is 263 g/mol. The summed E-state index contributed by atoms with van der Waals surface area (Å²) in [6.07, 6.45) is 0.968. The fraction of sp³-hybridized carbons (Fsp3) is 0.500. The van der Waals surface area contributed by atoms with E-state index in [2.05, 4.69) is 18.9 Å². The van der Waals surface area contributed by atoms with Crippen molar-refractivity contribution in [2.75, 3.05) is 20.1 Å². The maximum Gasteiger partial charge on any atom is 0.134 e. The van der Waals surface area contributed by atoms with E-state index in [-0.39, 0.29) is 18.2 Å². The number of phenols is 1. The number of likely N-dealkylation sites (N-methyl/N-ethyl adjacent to an activating group) is 1. The predicted molar refractivity (Wildman–Crippen MR) is 72.0 cm³/mol. The van der Waals surface area contributed by atoms with Crippen molar-refractivity contribution < 1.29 is 5.11 Å². The van der Waals surface area contributed by atoms with Crippen molar-refractivity contribution in [2.24, 2.45) is 0 Å². The SMILES string of the molecule is CCN(C)CCc1cc(Cl)c(O)cc1C.Cl. The third-order valence-electron chi connectivity index (χ3n) is 2.71. The van der Waals surface area contributed by atoms with Gasteiger partial charge in [0.25, 0.3) is 0 Å². The average Bonchev–Trinajstić information content (AvgIpc) is 2.21. The minimum absolute atomic E-state index is 0. The fourth-order valence-corrected chi connectivity index (χ4v) is 1.63. The van der Waals surface area contributed by atoms with Crippen LogP contribution in [-0.2, 0) is 6.42 Å². The molecule has 1 aromatic rings. The van der Waals surface area contributed by atoms with Gasteiger partial charge in [0.05, 0.1) is 5.02 Å². The van der Waals surface area contributed by atoms with Crippen LogP contribution >= 0.6 is 24.0 Å². The first-order chi connectivity index (χ1) is 7.04. The molecule has 0 unspecified atom stereocenters. The molecule has 0 saturated carbocycles. The van der Waals surface area contributed by atoms with Crippen LogP contribution in [0.3, 0.4) is 0 Å². The Labute approximate surface area is 109 Å². The van der Waals surface area contributed by atoms with Gasteiger partial charge in [0.15, 0.2) is 0 Å². The lowest BCUT2D eigenvalue weighted by Crippen LogP contribution is -2.20.